The Bertz CT molecular complexity index is 805. The summed E-state index contributed by atoms with van der Waals surface area (Å²) >= 11 is 6.23. The zero-order chi connectivity index (χ0) is 17.8. The third-order valence-electron chi connectivity index (χ3n) is 5.40. The van der Waals surface area contributed by atoms with Crippen LogP contribution in [-0.4, -0.2) is 45.5 Å². The number of ether oxygens (including phenoxy) is 1. The molecule has 6 nitrogen and oxygen atoms in total. The second-order valence-electron chi connectivity index (χ2n) is 7.58. The van der Waals surface area contributed by atoms with Gasteiger partial charge in [-0.05, 0) is 56.2 Å². The van der Waals surface area contributed by atoms with Crippen molar-refractivity contribution in [2.24, 2.45) is 11.8 Å². The molecule has 1 aliphatic heterocycles. The number of amides is 1. The molecule has 7 heteroatoms. The predicted octanol–water partition coefficient (Wildman–Crippen LogP) is 3.29. The van der Waals surface area contributed by atoms with Crippen LogP contribution in [0.15, 0.2) is 18.3 Å². The van der Waals surface area contributed by atoms with Gasteiger partial charge < -0.3 is 14.7 Å². The van der Waals surface area contributed by atoms with Crippen molar-refractivity contribution in [2.75, 3.05) is 13.1 Å². The highest BCUT2D eigenvalue weighted by Gasteiger charge is 2.50. The number of aromatic nitrogens is 2. The first-order valence-corrected chi connectivity index (χ1v) is 9.04. The largest absolute Gasteiger partial charge is 0.447 e. The molecule has 1 saturated carbocycles. The number of fused-ring (bicyclic) bond motifs is 2. The average molecular weight is 364 g/mol. The highest BCUT2D eigenvalue weighted by Crippen LogP contribution is 2.50. The topological polar surface area (TPSA) is 78.5 Å². The fraction of sp³-hybridized carbons (Fsp3) is 0.556. The fourth-order valence-corrected chi connectivity index (χ4v) is 4.62. The van der Waals surface area contributed by atoms with Gasteiger partial charge in [0.2, 0.25) is 0 Å². The van der Waals surface area contributed by atoms with E-state index in [0.717, 1.165) is 16.5 Å². The summed E-state index contributed by atoms with van der Waals surface area (Å²) in [5.41, 5.74) is 0.723. The Hall–Kier alpha value is -1.79. The molecule has 2 N–H and O–H groups in total. The number of nitrogens with zero attached hydrogens (tertiary/aromatic N) is 2. The van der Waals surface area contributed by atoms with E-state index in [-0.39, 0.29) is 24.0 Å². The van der Waals surface area contributed by atoms with Gasteiger partial charge in [0.25, 0.3) is 0 Å². The van der Waals surface area contributed by atoms with Gasteiger partial charge in [0.05, 0.1) is 23.4 Å². The number of carbonyl (C=O) groups excluding carboxylic acids is 1. The van der Waals surface area contributed by atoms with Crippen LogP contribution in [0.25, 0.3) is 10.9 Å². The van der Waals surface area contributed by atoms with E-state index < -0.39 is 5.60 Å². The smallest absolute Gasteiger partial charge is 0.410 e. The molecule has 2 aliphatic rings. The van der Waals surface area contributed by atoms with Crippen molar-refractivity contribution >= 4 is 28.6 Å². The van der Waals surface area contributed by atoms with Crippen molar-refractivity contribution in [2.45, 2.75) is 38.4 Å². The minimum Gasteiger partial charge on any atom is -0.447 e. The molecule has 0 spiro atoms. The zero-order valence-corrected chi connectivity index (χ0v) is 15.1. The minimum atomic E-state index is -0.934. The highest BCUT2D eigenvalue weighted by atomic mass is 35.5. The van der Waals surface area contributed by atoms with E-state index in [0.29, 0.717) is 31.0 Å². The third-order valence-corrected chi connectivity index (χ3v) is 5.61. The molecule has 0 bridgehead atoms. The van der Waals surface area contributed by atoms with Gasteiger partial charge in [-0.1, -0.05) is 11.6 Å². The van der Waals surface area contributed by atoms with Gasteiger partial charge in [-0.3, -0.25) is 5.10 Å². The lowest BCUT2D eigenvalue weighted by molar-refractivity contribution is 0.0298. The van der Waals surface area contributed by atoms with Gasteiger partial charge in [-0.25, -0.2) is 4.79 Å². The number of rotatable bonds is 2. The molecular weight excluding hydrogens is 342 g/mol. The molecular formula is C18H22ClN3O3. The van der Waals surface area contributed by atoms with E-state index in [1.165, 1.54) is 0 Å². The van der Waals surface area contributed by atoms with Crippen LogP contribution < -0.4 is 0 Å². The molecule has 0 radical (unpaired) electrons. The fourth-order valence-electron chi connectivity index (χ4n) is 4.40. The van der Waals surface area contributed by atoms with Crippen molar-refractivity contribution in [1.29, 1.82) is 0 Å². The van der Waals surface area contributed by atoms with E-state index in [2.05, 4.69) is 10.2 Å². The van der Waals surface area contributed by atoms with Gasteiger partial charge in [0, 0.05) is 23.5 Å². The lowest BCUT2D eigenvalue weighted by Gasteiger charge is -2.27. The molecule has 1 unspecified atom stereocenters. The second-order valence-corrected chi connectivity index (χ2v) is 8.02. The van der Waals surface area contributed by atoms with Crippen molar-refractivity contribution in [3.8, 4) is 0 Å². The number of hydrogen-bond acceptors (Lipinski definition) is 4. The van der Waals surface area contributed by atoms with Gasteiger partial charge in [-0.15, -0.1) is 0 Å². The van der Waals surface area contributed by atoms with Crippen LogP contribution in [0.1, 0.15) is 32.3 Å². The molecule has 1 saturated heterocycles. The molecule has 3 atom stereocenters. The maximum absolute atomic E-state index is 12.1. The molecule has 1 amide bonds. The number of hydrogen-bond donors (Lipinski definition) is 2. The van der Waals surface area contributed by atoms with Gasteiger partial charge >= 0.3 is 6.09 Å². The molecule has 4 rings (SSSR count). The first kappa shape index (κ1) is 16.7. The summed E-state index contributed by atoms with van der Waals surface area (Å²) in [6, 6.07) is 3.65. The maximum atomic E-state index is 12.1. The lowest BCUT2D eigenvalue weighted by Crippen LogP contribution is -2.34. The number of likely N-dealkylation sites (tertiary alicyclic amines) is 1. The van der Waals surface area contributed by atoms with Crippen molar-refractivity contribution in [3.63, 3.8) is 0 Å². The summed E-state index contributed by atoms with van der Waals surface area (Å²) in [7, 11) is 0. The Morgan fingerprint density at radius 1 is 1.40 bits per heavy atom. The SMILES string of the molecule is CC(C)OC(=O)N1C[C@@H]2CC(O)(c3cc(Cl)cc4[nH]ncc34)C[C@@H]2C1. The third kappa shape index (κ3) is 2.87. The average Bonchev–Trinajstić information content (AvgIpc) is 3.18. The molecule has 2 fully saturated rings. The van der Waals surface area contributed by atoms with Gasteiger partial charge in [-0.2, -0.15) is 5.10 Å². The van der Waals surface area contributed by atoms with Crippen LogP contribution in [0.5, 0.6) is 0 Å². The molecule has 1 aromatic heterocycles. The Morgan fingerprint density at radius 3 is 2.72 bits per heavy atom. The van der Waals surface area contributed by atoms with E-state index >= 15 is 0 Å². The normalized spacial score (nSPS) is 28.8. The second kappa shape index (κ2) is 5.88. The first-order chi connectivity index (χ1) is 11.9. The van der Waals surface area contributed by atoms with Crippen molar-refractivity contribution in [1.82, 2.24) is 15.1 Å². The van der Waals surface area contributed by atoms with Crippen LogP contribution in [-0.2, 0) is 10.3 Å². The van der Waals surface area contributed by atoms with E-state index in [1.54, 1.807) is 11.1 Å². The number of nitrogens with one attached hydrogen (secondary N) is 1. The van der Waals surface area contributed by atoms with Crippen molar-refractivity contribution in [3.05, 3.63) is 28.9 Å². The summed E-state index contributed by atoms with van der Waals surface area (Å²) < 4.78 is 5.29. The Morgan fingerprint density at radius 2 is 2.08 bits per heavy atom. The number of aromatic amines is 1. The zero-order valence-electron chi connectivity index (χ0n) is 14.3. The Balaban J connectivity index is 1.55. The standard InChI is InChI=1S/C18H22ClN3O3/c1-10(2)25-17(23)22-8-11-5-18(24,6-12(11)9-22)15-3-13(19)4-16-14(15)7-20-21-16/h3-4,7,10-12,24H,5-6,8-9H2,1-2H3,(H,20,21)/t11-,12+,18?. The van der Waals surface area contributed by atoms with Crippen LogP contribution in [0.2, 0.25) is 5.02 Å². The Labute approximate surface area is 151 Å². The molecule has 1 aliphatic carbocycles. The highest BCUT2D eigenvalue weighted by molar-refractivity contribution is 6.31. The number of benzene rings is 1. The summed E-state index contributed by atoms with van der Waals surface area (Å²) in [4.78, 5) is 13.9. The van der Waals surface area contributed by atoms with Crippen LogP contribution in [0, 0.1) is 11.8 Å². The Kier molecular flexibility index (Phi) is 3.92. The molecule has 25 heavy (non-hydrogen) atoms. The summed E-state index contributed by atoms with van der Waals surface area (Å²) in [6.07, 6.45) is 2.59. The van der Waals surface area contributed by atoms with E-state index in [4.69, 9.17) is 16.3 Å². The minimum absolute atomic E-state index is 0.120. The summed E-state index contributed by atoms with van der Waals surface area (Å²) in [5.74, 6) is 0.538. The lowest BCUT2D eigenvalue weighted by atomic mass is 9.88. The predicted molar refractivity (Wildman–Crippen MR) is 94.4 cm³/mol. The van der Waals surface area contributed by atoms with Crippen LogP contribution >= 0.6 is 11.6 Å². The molecule has 2 heterocycles. The maximum Gasteiger partial charge on any atom is 0.410 e. The molecule has 2 aromatic rings. The first-order valence-electron chi connectivity index (χ1n) is 8.67. The van der Waals surface area contributed by atoms with Crippen molar-refractivity contribution < 1.29 is 14.6 Å². The van der Waals surface area contributed by atoms with Crippen LogP contribution in [0.4, 0.5) is 4.79 Å². The molecule has 1 aromatic carbocycles. The van der Waals surface area contributed by atoms with Gasteiger partial charge in [0.15, 0.2) is 0 Å². The van der Waals surface area contributed by atoms with Gasteiger partial charge in [0.1, 0.15) is 0 Å². The van der Waals surface area contributed by atoms with Crippen LogP contribution in [0.3, 0.4) is 0 Å². The number of H-pyrrole nitrogens is 1. The number of aliphatic hydroxyl groups is 1. The molecule has 134 valence electrons. The summed E-state index contributed by atoms with van der Waals surface area (Å²) in [5, 5.41) is 19.8. The van der Waals surface area contributed by atoms with E-state index in [1.807, 2.05) is 26.0 Å². The van der Waals surface area contributed by atoms with E-state index in [9.17, 15) is 9.90 Å². The quantitative estimate of drug-likeness (QED) is 0.858. The summed E-state index contributed by atoms with van der Waals surface area (Å²) in [6.45, 7) is 4.97. The number of halogens is 1. The monoisotopic (exact) mass is 363 g/mol. The number of carbonyl (C=O) groups is 1.